The predicted molar refractivity (Wildman–Crippen MR) is 106 cm³/mol. The van der Waals surface area contributed by atoms with Crippen molar-refractivity contribution < 1.29 is 13.6 Å². The molecule has 1 unspecified atom stereocenters. The van der Waals surface area contributed by atoms with Crippen molar-refractivity contribution in [3.8, 4) is 0 Å². The van der Waals surface area contributed by atoms with E-state index in [1.54, 1.807) is 16.8 Å². The first-order valence-corrected chi connectivity index (χ1v) is 11.5. The second-order valence-corrected chi connectivity index (χ2v) is 10.3. The SMILES string of the molecule is O=C(C1CCCN(Sc2ccc(SC3CC3)cc2)C1)N1CCC(F)(F)CC1. The molecule has 1 amide bonds. The van der Waals surface area contributed by atoms with E-state index >= 15 is 0 Å². The van der Waals surface area contributed by atoms with Gasteiger partial charge in [0.1, 0.15) is 0 Å². The lowest BCUT2D eigenvalue weighted by Crippen LogP contribution is -2.48. The maximum atomic E-state index is 13.3. The van der Waals surface area contributed by atoms with Crippen LogP contribution in [0.4, 0.5) is 8.78 Å². The van der Waals surface area contributed by atoms with Crippen molar-refractivity contribution in [1.82, 2.24) is 9.21 Å². The molecule has 2 heterocycles. The van der Waals surface area contributed by atoms with Crippen LogP contribution in [0, 0.1) is 5.92 Å². The molecule has 2 aliphatic heterocycles. The van der Waals surface area contributed by atoms with Crippen LogP contribution in [0.5, 0.6) is 0 Å². The molecule has 0 radical (unpaired) electrons. The van der Waals surface area contributed by atoms with Crippen LogP contribution in [0.3, 0.4) is 0 Å². The summed E-state index contributed by atoms with van der Waals surface area (Å²) in [4.78, 5) is 16.9. The Morgan fingerprint density at radius 1 is 1.00 bits per heavy atom. The average molecular weight is 413 g/mol. The fourth-order valence-electron chi connectivity index (χ4n) is 3.65. The predicted octanol–water partition coefficient (Wildman–Crippen LogP) is 4.92. The molecule has 2 saturated heterocycles. The van der Waals surface area contributed by atoms with Gasteiger partial charge in [-0.15, -0.1) is 11.8 Å². The molecule has 1 aromatic carbocycles. The van der Waals surface area contributed by atoms with Crippen molar-refractivity contribution in [2.24, 2.45) is 5.92 Å². The third kappa shape index (κ3) is 5.39. The molecule has 0 spiro atoms. The highest BCUT2D eigenvalue weighted by molar-refractivity contribution is 8.00. The van der Waals surface area contributed by atoms with Gasteiger partial charge in [-0.3, -0.25) is 4.79 Å². The summed E-state index contributed by atoms with van der Waals surface area (Å²) in [6.45, 7) is 2.05. The van der Waals surface area contributed by atoms with E-state index in [1.807, 2.05) is 11.8 Å². The molecule has 1 saturated carbocycles. The third-order valence-electron chi connectivity index (χ3n) is 5.43. The van der Waals surface area contributed by atoms with Gasteiger partial charge in [-0.05, 0) is 61.9 Å². The quantitative estimate of drug-likeness (QED) is 0.641. The molecule has 3 nitrogen and oxygen atoms in total. The normalized spacial score (nSPS) is 26.1. The zero-order valence-corrected chi connectivity index (χ0v) is 17.0. The average Bonchev–Trinajstić information content (AvgIpc) is 3.47. The Morgan fingerprint density at radius 3 is 2.33 bits per heavy atom. The van der Waals surface area contributed by atoms with Crippen molar-refractivity contribution in [3.05, 3.63) is 24.3 Å². The largest absolute Gasteiger partial charge is 0.342 e. The van der Waals surface area contributed by atoms with Crippen molar-refractivity contribution >= 4 is 29.6 Å². The number of halogens is 2. The van der Waals surface area contributed by atoms with Crippen LogP contribution in [0.1, 0.15) is 38.5 Å². The van der Waals surface area contributed by atoms with E-state index in [-0.39, 0.29) is 37.8 Å². The van der Waals surface area contributed by atoms with Crippen molar-refractivity contribution in [2.45, 2.75) is 59.5 Å². The lowest BCUT2D eigenvalue weighted by Gasteiger charge is -2.37. The van der Waals surface area contributed by atoms with Gasteiger partial charge in [0.05, 0.1) is 5.92 Å². The molecular formula is C20H26F2N2OS2. The monoisotopic (exact) mass is 412 g/mol. The number of hydrogen-bond donors (Lipinski definition) is 0. The van der Waals surface area contributed by atoms with Crippen molar-refractivity contribution in [2.75, 3.05) is 26.2 Å². The standard InChI is InChI=1S/C20H26F2N2OS2/c21-20(22)9-12-23(13-10-20)19(25)15-2-1-11-24(14-15)27-18-7-5-17(6-8-18)26-16-3-4-16/h5-8,15-16H,1-4,9-14H2. The summed E-state index contributed by atoms with van der Waals surface area (Å²) in [5.41, 5.74) is 0. The Morgan fingerprint density at radius 2 is 1.67 bits per heavy atom. The van der Waals surface area contributed by atoms with E-state index in [2.05, 4.69) is 28.6 Å². The highest BCUT2D eigenvalue weighted by atomic mass is 32.2. The van der Waals surface area contributed by atoms with E-state index < -0.39 is 5.92 Å². The number of benzene rings is 1. The van der Waals surface area contributed by atoms with Gasteiger partial charge in [-0.1, -0.05) is 0 Å². The van der Waals surface area contributed by atoms with Crippen LogP contribution in [0.15, 0.2) is 34.1 Å². The van der Waals surface area contributed by atoms with Gasteiger partial charge in [0.15, 0.2) is 0 Å². The molecule has 3 aliphatic rings. The molecule has 1 atom stereocenters. The summed E-state index contributed by atoms with van der Waals surface area (Å²) in [6.07, 6.45) is 4.10. The van der Waals surface area contributed by atoms with Gasteiger partial charge >= 0.3 is 0 Å². The maximum absolute atomic E-state index is 13.3. The van der Waals surface area contributed by atoms with E-state index in [4.69, 9.17) is 0 Å². The summed E-state index contributed by atoms with van der Waals surface area (Å²) < 4.78 is 28.9. The second kappa shape index (κ2) is 8.29. The number of alkyl halides is 2. The van der Waals surface area contributed by atoms with Gasteiger partial charge in [-0.2, -0.15) is 0 Å². The van der Waals surface area contributed by atoms with Gasteiger partial charge < -0.3 is 4.90 Å². The molecule has 0 aromatic heterocycles. The fourth-order valence-corrected chi connectivity index (χ4v) is 5.73. The number of piperidine rings is 2. The summed E-state index contributed by atoms with van der Waals surface area (Å²) in [5, 5.41) is 0.812. The fraction of sp³-hybridized carbons (Fsp3) is 0.650. The van der Waals surface area contributed by atoms with E-state index in [0.29, 0.717) is 6.54 Å². The van der Waals surface area contributed by atoms with Gasteiger partial charge in [-0.25, -0.2) is 13.1 Å². The van der Waals surface area contributed by atoms with Gasteiger partial charge in [0.25, 0.3) is 5.92 Å². The summed E-state index contributed by atoms with van der Waals surface area (Å²) >= 11 is 3.67. The molecule has 4 rings (SSSR count). The number of thioether (sulfide) groups is 1. The van der Waals surface area contributed by atoms with Gasteiger partial charge in [0, 0.05) is 54.1 Å². The minimum absolute atomic E-state index is 0.0620. The van der Waals surface area contributed by atoms with Crippen LogP contribution in [0.25, 0.3) is 0 Å². The number of carbonyl (C=O) groups excluding carboxylic acids is 1. The van der Waals surface area contributed by atoms with Crippen molar-refractivity contribution in [1.29, 1.82) is 0 Å². The number of rotatable bonds is 5. The molecule has 7 heteroatoms. The lowest BCUT2D eigenvalue weighted by atomic mass is 9.96. The van der Waals surface area contributed by atoms with Crippen LogP contribution in [-0.2, 0) is 4.79 Å². The number of likely N-dealkylation sites (tertiary alicyclic amines) is 1. The van der Waals surface area contributed by atoms with Crippen molar-refractivity contribution in [3.63, 3.8) is 0 Å². The van der Waals surface area contributed by atoms with E-state index in [0.717, 1.165) is 24.6 Å². The minimum atomic E-state index is -2.60. The Labute approximate surface area is 168 Å². The molecule has 1 aliphatic carbocycles. The first-order valence-electron chi connectivity index (χ1n) is 9.85. The summed E-state index contributed by atoms with van der Waals surface area (Å²) in [6, 6.07) is 8.69. The van der Waals surface area contributed by atoms with Crippen LogP contribution in [0.2, 0.25) is 0 Å². The van der Waals surface area contributed by atoms with Crippen LogP contribution >= 0.6 is 23.7 Å². The highest BCUT2D eigenvalue weighted by Gasteiger charge is 2.38. The van der Waals surface area contributed by atoms with Crippen LogP contribution < -0.4 is 0 Å². The first-order chi connectivity index (χ1) is 13.0. The highest BCUT2D eigenvalue weighted by Crippen LogP contribution is 2.40. The molecular weight excluding hydrogens is 386 g/mol. The lowest BCUT2D eigenvalue weighted by molar-refractivity contribution is -0.142. The minimum Gasteiger partial charge on any atom is -0.342 e. The molecule has 27 heavy (non-hydrogen) atoms. The first kappa shape index (κ1) is 19.5. The number of carbonyl (C=O) groups is 1. The molecule has 1 aromatic rings. The third-order valence-corrected chi connectivity index (χ3v) is 7.85. The second-order valence-electron chi connectivity index (χ2n) is 7.79. The van der Waals surface area contributed by atoms with E-state index in [9.17, 15) is 13.6 Å². The smallest absolute Gasteiger partial charge is 0.251 e. The number of amides is 1. The number of nitrogens with zero attached hydrogens (tertiary/aromatic N) is 2. The topological polar surface area (TPSA) is 23.6 Å². The zero-order chi connectivity index (χ0) is 18.9. The molecule has 0 N–H and O–H groups in total. The summed E-state index contributed by atoms with van der Waals surface area (Å²) in [7, 11) is 0. The Hall–Kier alpha value is -0.790. The maximum Gasteiger partial charge on any atom is 0.251 e. The Balaban J connectivity index is 1.29. The zero-order valence-electron chi connectivity index (χ0n) is 15.4. The van der Waals surface area contributed by atoms with Gasteiger partial charge in [0.2, 0.25) is 5.91 Å². The Kier molecular flexibility index (Phi) is 6.00. The summed E-state index contributed by atoms with van der Waals surface area (Å²) in [5.74, 6) is -2.61. The van der Waals surface area contributed by atoms with E-state index in [1.165, 1.54) is 22.6 Å². The molecule has 3 fully saturated rings. The van der Waals surface area contributed by atoms with Crippen LogP contribution in [-0.4, -0.2) is 52.5 Å². The number of hydrogen-bond acceptors (Lipinski definition) is 4. The Bertz CT molecular complexity index is 656. The molecule has 0 bridgehead atoms. The molecule has 148 valence electrons.